The molecular formula is C18H14N2O4S. The first kappa shape index (κ1) is 15.6. The van der Waals surface area contributed by atoms with E-state index in [4.69, 9.17) is 4.74 Å². The zero-order chi connectivity index (χ0) is 17.4. The molecule has 3 aromatic rings. The Morgan fingerprint density at radius 3 is 2.92 bits per heavy atom. The SMILES string of the molecule is O=C(N[C@@H]1CCOc2ccccc21)c1cc2cc([N+](=O)[O-])ccc2s1. The molecule has 0 saturated carbocycles. The number of carbonyl (C=O) groups excluding carboxylic acids is 1. The highest BCUT2D eigenvalue weighted by Gasteiger charge is 2.24. The molecule has 0 bridgehead atoms. The summed E-state index contributed by atoms with van der Waals surface area (Å²) in [6.07, 6.45) is 0.707. The maximum absolute atomic E-state index is 12.6. The van der Waals surface area contributed by atoms with Gasteiger partial charge in [-0.05, 0) is 18.2 Å². The van der Waals surface area contributed by atoms with Crippen LogP contribution in [-0.2, 0) is 0 Å². The molecule has 0 saturated heterocycles. The monoisotopic (exact) mass is 354 g/mol. The van der Waals surface area contributed by atoms with Crippen LogP contribution < -0.4 is 10.1 Å². The zero-order valence-electron chi connectivity index (χ0n) is 13.1. The number of hydrogen-bond acceptors (Lipinski definition) is 5. The maximum atomic E-state index is 12.6. The number of fused-ring (bicyclic) bond motifs is 2. The standard InChI is InChI=1S/C18H14N2O4S/c21-18(19-14-7-8-24-15-4-2-1-3-13(14)15)17-10-11-9-12(20(22)23)5-6-16(11)25-17/h1-6,9-10,14H,7-8H2,(H,19,21)/t14-/m1/s1. The number of thiophene rings is 1. The Hall–Kier alpha value is -2.93. The molecule has 1 N–H and O–H groups in total. The Kier molecular flexibility index (Phi) is 3.85. The van der Waals surface area contributed by atoms with Crippen molar-refractivity contribution in [3.05, 3.63) is 69.1 Å². The zero-order valence-corrected chi connectivity index (χ0v) is 13.9. The predicted molar refractivity (Wildman–Crippen MR) is 95.2 cm³/mol. The van der Waals surface area contributed by atoms with Gasteiger partial charge in [0.25, 0.3) is 11.6 Å². The molecule has 0 spiro atoms. The van der Waals surface area contributed by atoms with E-state index in [1.54, 1.807) is 12.1 Å². The van der Waals surface area contributed by atoms with Crippen molar-refractivity contribution in [2.24, 2.45) is 0 Å². The van der Waals surface area contributed by atoms with Crippen molar-refractivity contribution in [2.45, 2.75) is 12.5 Å². The van der Waals surface area contributed by atoms with Gasteiger partial charge in [0.2, 0.25) is 0 Å². The quantitative estimate of drug-likeness (QED) is 0.568. The second-order valence-corrected chi connectivity index (χ2v) is 6.87. The van der Waals surface area contributed by atoms with E-state index in [1.165, 1.54) is 23.5 Å². The van der Waals surface area contributed by atoms with Crippen molar-refractivity contribution < 1.29 is 14.5 Å². The Morgan fingerprint density at radius 2 is 2.08 bits per heavy atom. The highest BCUT2D eigenvalue weighted by atomic mass is 32.1. The first-order valence-electron chi connectivity index (χ1n) is 7.82. The number of rotatable bonds is 3. The van der Waals surface area contributed by atoms with E-state index in [2.05, 4.69) is 5.32 Å². The Balaban J connectivity index is 1.59. The fourth-order valence-electron chi connectivity index (χ4n) is 2.98. The van der Waals surface area contributed by atoms with Crippen molar-refractivity contribution in [3.8, 4) is 5.75 Å². The van der Waals surface area contributed by atoms with E-state index in [0.29, 0.717) is 23.3 Å². The topological polar surface area (TPSA) is 81.5 Å². The normalized spacial score (nSPS) is 16.1. The van der Waals surface area contributed by atoms with Crippen LogP contribution in [0.4, 0.5) is 5.69 Å². The maximum Gasteiger partial charge on any atom is 0.270 e. The second kappa shape index (κ2) is 6.18. The Morgan fingerprint density at radius 1 is 1.24 bits per heavy atom. The third-order valence-electron chi connectivity index (χ3n) is 4.20. The van der Waals surface area contributed by atoms with Crippen LogP contribution in [0.15, 0.2) is 48.5 Å². The van der Waals surface area contributed by atoms with Gasteiger partial charge >= 0.3 is 0 Å². The summed E-state index contributed by atoms with van der Waals surface area (Å²) in [6, 6.07) is 13.9. The number of nitro groups is 1. The molecule has 0 unspecified atom stereocenters. The summed E-state index contributed by atoms with van der Waals surface area (Å²) >= 11 is 1.33. The van der Waals surface area contributed by atoms with E-state index in [-0.39, 0.29) is 17.6 Å². The minimum atomic E-state index is -0.435. The fourth-order valence-corrected chi connectivity index (χ4v) is 3.92. The van der Waals surface area contributed by atoms with Gasteiger partial charge in [-0.25, -0.2) is 0 Å². The van der Waals surface area contributed by atoms with E-state index in [1.807, 2.05) is 24.3 Å². The number of hydrogen-bond donors (Lipinski definition) is 1. The van der Waals surface area contributed by atoms with Crippen LogP contribution in [-0.4, -0.2) is 17.4 Å². The van der Waals surface area contributed by atoms with E-state index < -0.39 is 4.92 Å². The molecule has 2 aromatic carbocycles. The van der Waals surface area contributed by atoms with Gasteiger partial charge in [-0.15, -0.1) is 11.3 Å². The number of carbonyl (C=O) groups is 1. The smallest absolute Gasteiger partial charge is 0.270 e. The molecule has 1 atom stereocenters. The first-order chi connectivity index (χ1) is 12.1. The third-order valence-corrected chi connectivity index (χ3v) is 5.31. The minimum absolute atomic E-state index is 0.0237. The first-order valence-corrected chi connectivity index (χ1v) is 8.64. The fraction of sp³-hybridized carbons (Fsp3) is 0.167. The summed E-state index contributed by atoms with van der Waals surface area (Å²) in [5, 5.41) is 14.6. The lowest BCUT2D eigenvalue weighted by Crippen LogP contribution is -2.31. The van der Waals surface area contributed by atoms with Crippen molar-refractivity contribution in [1.82, 2.24) is 5.32 Å². The van der Waals surface area contributed by atoms with Crippen LogP contribution in [0, 0.1) is 10.1 Å². The number of para-hydroxylation sites is 1. The molecule has 2 heterocycles. The van der Waals surface area contributed by atoms with Gasteiger partial charge in [-0.2, -0.15) is 0 Å². The highest BCUT2D eigenvalue weighted by Crippen LogP contribution is 2.33. The summed E-state index contributed by atoms with van der Waals surface area (Å²) in [4.78, 5) is 23.6. The van der Waals surface area contributed by atoms with E-state index in [0.717, 1.165) is 16.0 Å². The van der Waals surface area contributed by atoms with Crippen molar-refractivity contribution in [1.29, 1.82) is 0 Å². The molecule has 1 aliphatic heterocycles. The molecular weight excluding hydrogens is 340 g/mol. The summed E-state index contributed by atoms with van der Waals surface area (Å²) in [5.41, 5.74) is 0.995. The number of amides is 1. The molecule has 0 fully saturated rings. The van der Waals surface area contributed by atoms with Crippen LogP contribution in [0.1, 0.15) is 27.7 Å². The summed E-state index contributed by atoms with van der Waals surface area (Å²) in [5.74, 6) is 0.622. The summed E-state index contributed by atoms with van der Waals surface area (Å²) < 4.78 is 6.46. The summed E-state index contributed by atoms with van der Waals surface area (Å²) in [7, 11) is 0. The van der Waals surface area contributed by atoms with Crippen LogP contribution in [0.5, 0.6) is 5.75 Å². The average Bonchev–Trinajstić information content (AvgIpc) is 3.05. The lowest BCUT2D eigenvalue weighted by atomic mass is 10.0. The molecule has 1 aromatic heterocycles. The van der Waals surface area contributed by atoms with Crippen LogP contribution in [0.2, 0.25) is 0 Å². The predicted octanol–water partition coefficient (Wildman–Crippen LogP) is 4.06. The number of benzene rings is 2. The molecule has 1 amide bonds. The van der Waals surface area contributed by atoms with Crippen molar-refractivity contribution >= 4 is 33.0 Å². The lowest BCUT2D eigenvalue weighted by Gasteiger charge is -2.26. The van der Waals surface area contributed by atoms with Gasteiger partial charge in [0, 0.05) is 34.2 Å². The van der Waals surface area contributed by atoms with Crippen molar-refractivity contribution in [2.75, 3.05) is 6.61 Å². The molecule has 0 aliphatic carbocycles. The van der Waals surface area contributed by atoms with Crippen LogP contribution in [0.3, 0.4) is 0 Å². The molecule has 1 aliphatic rings. The lowest BCUT2D eigenvalue weighted by molar-refractivity contribution is -0.384. The largest absolute Gasteiger partial charge is 0.493 e. The highest BCUT2D eigenvalue weighted by molar-refractivity contribution is 7.20. The number of nitrogens with zero attached hydrogens (tertiary/aromatic N) is 1. The van der Waals surface area contributed by atoms with Gasteiger partial charge < -0.3 is 10.1 Å². The molecule has 126 valence electrons. The van der Waals surface area contributed by atoms with Gasteiger partial charge in [-0.1, -0.05) is 18.2 Å². The average molecular weight is 354 g/mol. The van der Waals surface area contributed by atoms with Crippen LogP contribution >= 0.6 is 11.3 Å². The summed E-state index contributed by atoms with van der Waals surface area (Å²) in [6.45, 7) is 0.556. The van der Waals surface area contributed by atoms with E-state index >= 15 is 0 Å². The molecule has 4 rings (SSSR count). The molecule has 7 heteroatoms. The molecule has 6 nitrogen and oxygen atoms in total. The number of ether oxygens (including phenoxy) is 1. The van der Waals surface area contributed by atoms with Gasteiger partial charge in [0.05, 0.1) is 22.4 Å². The molecule has 0 radical (unpaired) electrons. The second-order valence-electron chi connectivity index (χ2n) is 5.79. The Labute approximate surface area is 147 Å². The Bertz CT molecular complexity index is 982. The van der Waals surface area contributed by atoms with Gasteiger partial charge in [-0.3, -0.25) is 14.9 Å². The number of non-ortho nitro benzene ring substituents is 1. The number of nitrogens with one attached hydrogen (secondary N) is 1. The molecule has 25 heavy (non-hydrogen) atoms. The van der Waals surface area contributed by atoms with Crippen LogP contribution in [0.25, 0.3) is 10.1 Å². The van der Waals surface area contributed by atoms with E-state index in [9.17, 15) is 14.9 Å². The third kappa shape index (κ3) is 2.94. The van der Waals surface area contributed by atoms with Crippen molar-refractivity contribution in [3.63, 3.8) is 0 Å². The number of nitro benzene ring substituents is 1. The van der Waals surface area contributed by atoms with Gasteiger partial charge in [0.15, 0.2) is 0 Å². The van der Waals surface area contributed by atoms with Gasteiger partial charge in [0.1, 0.15) is 5.75 Å². The minimum Gasteiger partial charge on any atom is -0.493 e.